The van der Waals surface area contributed by atoms with E-state index >= 15 is 0 Å². The van der Waals surface area contributed by atoms with Crippen molar-refractivity contribution in [2.45, 2.75) is 6.92 Å². The first-order valence-corrected chi connectivity index (χ1v) is 7.98. The number of fused-ring (bicyclic) bond motifs is 1. The largest absolute Gasteiger partial charge is 0.352 e. The molecule has 0 N–H and O–H groups in total. The summed E-state index contributed by atoms with van der Waals surface area (Å²) in [5.41, 5.74) is 2.72. The molecule has 1 aliphatic rings. The fourth-order valence-electron chi connectivity index (χ4n) is 3.00. The van der Waals surface area contributed by atoms with Gasteiger partial charge in [-0.05, 0) is 24.3 Å². The predicted octanol–water partition coefficient (Wildman–Crippen LogP) is 1.46. The fourth-order valence-corrected chi connectivity index (χ4v) is 3.00. The number of rotatable bonds is 2. The molecule has 1 fully saturated rings. The molecule has 3 aromatic rings. The predicted molar refractivity (Wildman–Crippen MR) is 90.7 cm³/mol. The molecular weight excluding hydrogens is 304 g/mol. The summed E-state index contributed by atoms with van der Waals surface area (Å²) in [7, 11) is 0. The van der Waals surface area contributed by atoms with Gasteiger partial charge >= 0.3 is 0 Å². The van der Waals surface area contributed by atoms with Crippen molar-refractivity contribution in [1.82, 2.24) is 24.5 Å². The zero-order valence-electron chi connectivity index (χ0n) is 13.5. The second kappa shape index (κ2) is 5.92. The number of hydrogen-bond donors (Lipinski definition) is 0. The Morgan fingerprint density at radius 3 is 2.50 bits per heavy atom. The van der Waals surface area contributed by atoms with Gasteiger partial charge in [0.15, 0.2) is 11.5 Å². The summed E-state index contributed by atoms with van der Waals surface area (Å²) in [6.07, 6.45) is 5.37. The van der Waals surface area contributed by atoms with Gasteiger partial charge in [-0.1, -0.05) is 0 Å². The molecule has 0 saturated carbocycles. The van der Waals surface area contributed by atoms with Crippen molar-refractivity contribution >= 4 is 17.4 Å². The van der Waals surface area contributed by atoms with E-state index in [4.69, 9.17) is 5.10 Å². The normalized spacial score (nSPS) is 15.0. The molecule has 0 aromatic carbocycles. The second-order valence-corrected chi connectivity index (χ2v) is 5.83. The van der Waals surface area contributed by atoms with Crippen molar-refractivity contribution in [3.8, 4) is 11.3 Å². The molecule has 3 aromatic heterocycles. The molecule has 1 aliphatic heterocycles. The van der Waals surface area contributed by atoms with Gasteiger partial charge in [-0.25, -0.2) is 4.98 Å². The number of anilines is 1. The van der Waals surface area contributed by atoms with Gasteiger partial charge in [-0.15, -0.1) is 0 Å². The number of nitrogens with zero attached hydrogens (tertiary/aromatic N) is 6. The van der Waals surface area contributed by atoms with Crippen molar-refractivity contribution in [3.05, 3.63) is 42.9 Å². The van der Waals surface area contributed by atoms with Crippen LogP contribution in [0.5, 0.6) is 0 Å². The lowest BCUT2D eigenvalue weighted by molar-refractivity contribution is -0.129. The average Bonchev–Trinajstić information content (AvgIpc) is 3.05. The molecule has 7 nitrogen and oxygen atoms in total. The fraction of sp³-hybridized carbons (Fsp3) is 0.294. The number of aromatic nitrogens is 4. The van der Waals surface area contributed by atoms with E-state index in [1.165, 1.54) is 0 Å². The molecule has 1 saturated heterocycles. The minimum absolute atomic E-state index is 0.130. The molecule has 0 unspecified atom stereocenters. The van der Waals surface area contributed by atoms with E-state index < -0.39 is 0 Å². The number of carbonyl (C=O) groups is 1. The van der Waals surface area contributed by atoms with Crippen molar-refractivity contribution in [2.24, 2.45) is 0 Å². The van der Waals surface area contributed by atoms with E-state index in [0.29, 0.717) is 0 Å². The highest BCUT2D eigenvalue weighted by molar-refractivity contribution is 5.73. The number of hydrogen-bond acceptors (Lipinski definition) is 5. The van der Waals surface area contributed by atoms with Crippen LogP contribution in [0.15, 0.2) is 42.9 Å². The molecule has 1 amide bonds. The van der Waals surface area contributed by atoms with Crippen molar-refractivity contribution in [2.75, 3.05) is 31.1 Å². The van der Waals surface area contributed by atoms with E-state index in [9.17, 15) is 4.79 Å². The number of carbonyl (C=O) groups excluding carboxylic acids is 1. The Morgan fingerprint density at radius 2 is 1.79 bits per heavy atom. The highest BCUT2D eigenvalue weighted by Crippen LogP contribution is 2.21. The number of amides is 1. The SMILES string of the molecule is CC(=O)N1CCN(c2cnc3ccc(-c4ccncc4)nn23)CC1. The lowest BCUT2D eigenvalue weighted by Gasteiger charge is -2.34. The topological polar surface area (TPSA) is 66.6 Å². The Morgan fingerprint density at radius 1 is 1.04 bits per heavy atom. The molecule has 7 heteroatoms. The summed E-state index contributed by atoms with van der Waals surface area (Å²) >= 11 is 0. The van der Waals surface area contributed by atoms with Gasteiger partial charge in [0, 0.05) is 51.1 Å². The van der Waals surface area contributed by atoms with E-state index in [1.807, 2.05) is 39.9 Å². The van der Waals surface area contributed by atoms with Crippen LogP contribution in [0.3, 0.4) is 0 Å². The van der Waals surface area contributed by atoms with Crippen molar-refractivity contribution < 1.29 is 4.79 Å². The molecule has 0 spiro atoms. The second-order valence-electron chi connectivity index (χ2n) is 5.83. The summed E-state index contributed by atoms with van der Waals surface area (Å²) in [5.74, 6) is 1.09. The summed E-state index contributed by atoms with van der Waals surface area (Å²) in [5, 5.41) is 4.74. The maximum absolute atomic E-state index is 11.5. The third kappa shape index (κ3) is 2.58. The van der Waals surface area contributed by atoms with Gasteiger partial charge in [0.2, 0.25) is 5.91 Å². The van der Waals surface area contributed by atoms with E-state index in [0.717, 1.165) is 48.9 Å². The number of imidazole rings is 1. The monoisotopic (exact) mass is 322 g/mol. The van der Waals surface area contributed by atoms with Crippen LogP contribution in [0.4, 0.5) is 5.82 Å². The Kier molecular flexibility index (Phi) is 3.60. The summed E-state index contributed by atoms with van der Waals surface area (Å²) in [4.78, 5) is 24.1. The Labute approximate surface area is 139 Å². The zero-order valence-corrected chi connectivity index (χ0v) is 13.5. The maximum Gasteiger partial charge on any atom is 0.219 e. The van der Waals surface area contributed by atoms with Gasteiger partial charge in [-0.3, -0.25) is 9.78 Å². The van der Waals surface area contributed by atoms with Crippen LogP contribution in [-0.2, 0) is 4.79 Å². The third-order valence-corrected chi connectivity index (χ3v) is 4.37. The first-order valence-electron chi connectivity index (χ1n) is 7.98. The first kappa shape index (κ1) is 14.6. The highest BCUT2D eigenvalue weighted by Gasteiger charge is 2.21. The molecule has 0 aliphatic carbocycles. The Bertz CT molecular complexity index is 867. The van der Waals surface area contributed by atoms with Crippen LogP contribution in [0, 0.1) is 0 Å². The highest BCUT2D eigenvalue weighted by atomic mass is 16.2. The lowest BCUT2D eigenvalue weighted by Crippen LogP contribution is -2.48. The summed E-state index contributed by atoms with van der Waals surface area (Å²) in [6.45, 7) is 4.65. The smallest absolute Gasteiger partial charge is 0.219 e. The minimum atomic E-state index is 0.130. The maximum atomic E-state index is 11.5. The zero-order chi connectivity index (χ0) is 16.5. The van der Waals surface area contributed by atoms with Crippen LogP contribution in [0.25, 0.3) is 16.9 Å². The Balaban J connectivity index is 1.66. The van der Waals surface area contributed by atoms with E-state index in [1.54, 1.807) is 19.3 Å². The third-order valence-electron chi connectivity index (χ3n) is 4.37. The minimum Gasteiger partial charge on any atom is -0.352 e. The molecule has 0 bridgehead atoms. The molecule has 122 valence electrons. The van der Waals surface area contributed by atoms with Crippen LogP contribution >= 0.6 is 0 Å². The number of piperazine rings is 1. The number of pyridine rings is 1. The average molecular weight is 322 g/mol. The van der Waals surface area contributed by atoms with Gasteiger partial charge in [0.1, 0.15) is 0 Å². The quantitative estimate of drug-likeness (QED) is 0.714. The van der Waals surface area contributed by atoms with Crippen molar-refractivity contribution in [1.29, 1.82) is 0 Å². The van der Waals surface area contributed by atoms with E-state index in [-0.39, 0.29) is 5.91 Å². The van der Waals surface area contributed by atoms with Crippen LogP contribution in [-0.4, -0.2) is 56.6 Å². The van der Waals surface area contributed by atoms with Crippen molar-refractivity contribution in [3.63, 3.8) is 0 Å². The standard InChI is InChI=1S/C17H18N6O/c1-13(24)21-8-10-22(11-9-21)17-12-19-16-3-2-15(20-23(16)17)14-4-6-18-7-5-14/h2-7,12H,8-11H2,1H3. The lowest BCUT2D eigenvalue weighted by atomic mass is 10.2. The van der Waals surface area contributed by atoms with Crippen LogP contribution < -0.4 is 4.90 Å². The van der Waals surface area contributed by atoms with Crippen LogP contribution in [0.1, 0.15) is 6.92 Å². The summed E-state index contributed by atoms with van der Waals surface area (Å²) in [6, 6.07) is 7.82. The molecule has 24 heavy (non-hydrogen) atoms. The first-order chi connectivity index (χ1) is 11.7. The summed E-state index contributed by atoms with van der Waals surface area (Å²) < 4.78 is 1.87. The van der Waals surface area contributed by atoms with Gasteiger partial charge < -0.3 is 9.80 Å². The van der Waals surface area contributed by atoms with E-state index in [2.05, 4.69) is 14.9 Å². The molecule has 4 heterocycles. The van der Waals surface area contributed by atoms with Crippen LogP contribution in [0.2, 0.25) is 0 Å². The van der Waals surface area contributed by atoms with Gasteiger partial charge in [-0.2, -0.15) is 9.61 Å². The van der Waals surface area contributed by atoms with Gasteiger partial charge in [0.05, 0.1) is 11.9 Å². The Hall–Kier alpha value is -2.96. The molecule has 0 atom stereocenters. The molecule has 0 radical (unpaired) electrons. The van der Waals surface area contributed by atoms with Gasteiger partial charge in [0.25, 0.3) is 0 Å². The molecular formula is C17H18N6O. The molecule has 4 rings (SSSR count).